The Bertz CT molecular complexity index is 520. The van der Waals surface area contributed by atoms with Crippen LogP contribution in [-0.4, -0.2) is 12.1 Å². The van der Waals surface area contributed by atoms with Crippen molar-refractivity contribution in [3.63, 3.8) is 0 Å². The fraction of sp³-hybridized carbons (Fsp3) is 0.636. The Morgan fingerprint density at radius 1 is 1.30 bits per heavy atom. The predicted octanol–water partition coefficient (Wildman–Crippen LogP) is 5.40. The molecule has 1 N–H and O–H groups in total. The summed E-state index contributed by atoms with van der Waals surface area (Å²) >= 11 is 0. The van der Waals surface area contributed by atoms with Crippen molar-refractivity contribution in [1.29, 1.82) is 0 Å². The average molecular weight is 312 g/mol. The van der Waals surface area contributed by atoms with Crippen LogP contribution in [-0.2, 0) is 0 Å². The van der Waals surface area contributed by atoms with Gasteiger partial charge in [0, 0.05) is 5.54 Å². The molecule has 5 unspecified atom stereocenters. The van der Waals surface area contributed by atoms with Crippen molar-refractivity contribution < 1.29 is 0 Å². The first-order valence-electron chi connectivity index (χ1n) is 9.52. The van der Waals surface area contributed by atoms with E-state index in [1.807, 2.05) is 0 Å². The Hall–Kier alpha value is -1.08. The molecule has 126 valence electrons. The van der Waals surface area contributed by atoms with Crippen molar-refractivity contribution in [3.8, 4) is 0 Å². The van der Waals surface area contributed by atoms with Crippen molar-refractivity contribution >= 4 is 0 Å². The lowest BCUT2D eigenvalue weighted by Gasteiger charge is -2.58. The van der Waals surface area contributed by atoms with E-state index in [0.717, 1.165) is 30.1 Å². The zero-order chi connectivity index (χ0) is 16.4. The Morgan fingerprint density at radius 2 is 2.04 bits per heavy atom. The number of hydrogen-bond acceptors (Lipinski definition) is 1. The van der Waals surface area contributed by atoms with Crippen molar-refractivity contribution in [2.75, 3.05) is 6.54 Å². The summed E-state index contributed by atoms with van der Waals surface area (Å²) in [7, 11) is 0. The summed E-state index contributed by atoms with van der Waals surface area (Å²) in [5.41, 5.74) is 1.85. The van der Waals surface area contributed by atoms with Gasteiger partial charge in [0.1, 0.15) is 0 Å². The molecule has 23 heavy (non-hydrogen) atoms. The average Bonchev–Trinajstić information content (AvgIpc) is 2.56. The van der Waals surface area contributed by atoms with E-state index in [-0.39, 0.29) is 5.54 Å². The SMILES string of the molecule is C=CCC12CC(C(CC)CN1)C(c1ccccc1)CC2C(C)C. The van der Waals surface area contributed by atoms with E-state index < -0.39 is 0 Å². The molecule has 1 saturated carbocycles. The third-order valence-electron chi connectivity index (χ3n) is 6.72. The molecule has 2 bridgehead atoms. The summed E-state index contributed by atoms with van der Waals surface area (Å²) in [6.07, 6.45) is 7.19. The van der Waals surface area contributed by atoms with Gasteiger partial charge in [-0.3, -0.25) is 0 Å². The minimum Gasteiger partial charge on any atom is -0.310 e. The van der Waals surface area contributed by atoms with E-state index in [9.17, 15) is 0 Å². The fourth-order valence-electron chi connectivity index (χ4n) is 5.58. The third-order valence-corrected chi connectivity index (χ3v) is 6.72. The van der Waals surface area contributed by atoms with Crippen LogP contribution in [0.4, 0.5) is 0 Å². The smallest absolute Gasteiger partial charge is 0.0249 e. The topological polar surface area (TPSA) is 12.0 Å². The summed E-state index contributed by atoms with van der Waals surface area (Å²) in [6.45, 7) is 12.4. The van der Waals surface area contributed by atoms with Gasteiger partial charge >= 0.3 is 0 Å². The van der Waals surface area contributed by atoms with Gasteiger partial charge in [-0.2, -0.15) is 0 Å². The number of nitrogens with one attached hydrogen (secondary N) is 1. The highest BCUT2D eigenvalue weighted by molar-refractivity contribution is 5.24. The molecule has 1 aliphatic carbocycles. The van der Waals surface area contributed by atoms with Crippen LogP contribution in [0, 0.1) is 23.7 Å². The molecule has 1 heteroatoms. The normalized spacial score (nSPS) is 36.9. The molecule has 0 radical (unpaired) electrons. The number of fused-ring (bicyclic) bond motifs is 2. The minimum atomic E-state index is 0.289. The standard InChI is InChI=1S/C22H33N/c1-5-12-22-14-20(17(6-2)15-23-22)19(13-21(22)16(3)4)18-10-8-7-9-11-18/h5,7-11,16-17,19-21,23H,1,6,12-15H2,2-4H3. The molecule has 0 amide bonds. The van der Waals surface area contributed by atoms with Gasteiger partial charge in [0.05, 0.1) is 0 Å². The van der Waals surface area contributed by atoms with Gasteiger partial charge in [-0.25, -0.2) is 0 Å². The van der Waals surface area contributed by atoms with Crippen LogP contribution >= 0.6 is 0 Å². The molecule has 2 fully saturated rings. The maximum atomic E-state index is 4.07. The maximum Gasteiger partial charge on any atom is 0.0249 e. The van der Waals surface area contributed by atoms with E-state index in [1.165, 1.54) is 25.8 Å². The van der Waals surface area contributed by atoms with Crippen molar-refractivity contribution in [2.24, 2.45) is 23.7 Å². The first kappa shape index (κ1) is 16.8. The minimum absolute atomic E-state index is 0.289. The summed E-state index contributed by atoms with van der Waals surface area (Å²) in [6, 6.07) is 11.3. The zero-order valence-electron chi connectivity index (χ0n) is 15.1. The molecular formula is C22H33N. The van der Waals surface area contributed by atoms with Crippen LogP contribution < -0.4 is 5.32 Å². The molecule has 5 atom stereocenters. The van der Waals surface area contributed by atoms with Crippen LogP contribution in [0.25, 0.3) is 0 Å². The van der Waals surface area contributed by atoms with E-state index in [0.29, 0.717) is 5.92 Å². The Balaban J connectivity index is 1.98. The molecule has 1 aromatic carbocycles. The Kier molecular flexibility index (Phi) is 4.96. The summed E-state index contributed by atoms with van der Waals surface area (Å²) < 4.78 is 0. The highest BCUT2D eigenvalue weighted by Gasteiger charge is 2.52. The Morgan fingerprint density at radius 3 is 2.65 bits per heavy atom. The molecule has 1 saturated heterocycles. The van der Waals surface area contributed by atoms with Crippen LogP contribution in [0.15, 0.2) is 43.0 Å². The molecule has 1 heterocycles. The first-order valence-corrected chi connectivity index (χ1v) is 9.52. The summed E-state index contributed by atoms with van der Waals surface area (Å²) in [5, 5.41) is 4.00. The number of piperidine rings is 1. The van der Waals surface area contributed by atoms with Crippen LogP contribution in [0.5, 0.6) is 0 Å². The molecule has 0 aromatic heterocycles. The second-order valence-electron chi connectivity index (χ2n) is 8.17. The lowest BCUT2D eigenvalue weighted by atomic mass is 9.54. The van der Waals surface area contributed by atoms with E-state index in [2.05, 4.69) is 69.1 Å². The molecule has 0 spiro atoms. The van der Waals surface area contributed by atoms with Crippen LogP contribution in [0.1, 0.15) is 57.9 Å². The van der Waals surface area contributed by atoms with Gasteiger partial charge in [-0.15, -0.1) is 6.58 Å². The van der Waals surface area contributed by atoms with Gasteiger partial charge in [0.15, 0.2) is 0 Å². The number of benzene rings is 1. The number of hydrogen-bond donors (Lipinski definition) is 1. The lowest BCUT2D eigenvalue weighted by Crippen LogP contribution is -2.63. The highest BCUT2D eigenvalue weighted by atomic mass is 15.0. The molecular weight excluding hydrogens is 278 g/mol. The van der Waals surface area contributed by atoms with Gasteiger partial charge in [-0.05, 0) is 61.0 Å². The number of rotatable bonds is 5. The van der Waals surface area contributed by atoms with Gasteiger partial charge in [0.2, 0.25) is 0 Å². The van der Waals surface area contributed by atoms with Crippen molar-refractivity contribution in [3.05, 3.63) is 48.6 Å². The second-order valence-corrected chi connectivity index (χ2v) is 8.17. The van der Waals surface area contributed by atoms with E-state index in [1.54, 1.807) is 5.56 Å². The highest BCUT2D eigenvalue weighted by Crippen LogP contribution is 2.54. The zero-order valence-corrected chi connectivity index (χ0v) is 15.1. The quantitative estimate of drug-likeness (QED) is 0.718. The van der Waals surface area contributed by atoms with Crippen molar-refractivity contribution in [1.82, 2.24) is 5.32 Å². The Labute approximate surface area is 142 Å². The molecule has 1 nitrogen and oxygen atoms in total. The molecule has 2 aliphatic rings. The first-order chi connectivity index (χ1) is 11.1. The van der Waals surface area contributed by atoms with E-state index in [4.69, 9.17) is 0 Å². The lowest BCUT2D eigenvalue weighted by molar-refractivity contribution is -0.00642. The predicted molar refractivity (Wildman–Crippen MR) is 99.6 cm³/mol. The van der Waals surface area contributed by atoms with Gasteiger partial charge in [-0.1, -0.05) is 63.6 Å². The summed E-state index contributed by atoms with van der Waals surface area (Å²) in [4.78, 5) is 0. The van der Waals surface area contributed by atoms with Crippen molar-refractivity contribution in [2.45, 2.75) is 57.9 Å². The monoisotopic (exact) mass is 311 g/mol. The van der Waals surface area contributed by atoms with Gasteiger partial charge in [0.25, 0.3) is 0 Å². The fourth-order valence-corrected chi connectivity index (χ4v) is 5.58. The third kappa shape index (κ3) is 3.01. The molecule has 1 aromatic rings. The maximum absolute atomic E-state index is 4.07. The molecule has 3 rings (SSSR count). The largest absolute Gasteiger partial charge is 0.310 e. The van der Waals surface area contributed by atoms with Crippen LogP contribution in [0.2, 0.25) is 0 Å². The van der Waals surface area contributed by atoms with E-state index >= 15 is 0 Å². The second kappa shape index (κ2) is 6.81. The molecule has 1 aliphatic heterocycles. The summed E-state index contributed by atoms with van der Waals surface area (Å²) in [5.74, 6) is 3.81. The van der Waals surface area contributed by atoms with Gasteiger partial charge < -0.3 is 5.32 Å². The van der Waals surface area contributed by atoms with Crippen LogP contribution in [0.3, 0.4) is 0 Å².